The molecule has 0 spiro atoms. The van der Waals surface area contributed by atoms with Crippen LogP contribution >= 0.6 is 11.6 Å². The molecule has 0 radical (unpaired) electrons. The highest BCUT2D eigenvalue weighted by Crippen LogP contribution is 2.31. The van der Waals surface area contributed by atoms with Gasteiger partial charge in [0.1, 0.15) is 5.15 Å². The molecule has 100 valence electrons. The fraction of sp³-hybridized carbons (Fsp3) is 0.125. The number of rotatable bonds is 3. The van der Waals surface area contributed by atoms with Crippen LogP contribution in [0.2, 0.25) is 5.15 Å². The van der Waals surface area contributed by atoms with Crippen LogP contribution in [0, 0.1) is 0 Å². The summed E-state index contributed by atoms with van der Waals surface area (Å²) in [5, 5.41) is 2.80. The van der Waals surface area contributed by atoms with E-state index in [0.29, 0.717) is 5.15 Å². The molecule has 0 atom stereocenters. The second kappa shape index (κ2) is 5.47. The van der Waals surface area contributed by atoms with E-state index in [-0.39, 0.29) is 0 Å². The molecule has 0 unspecified atom stereocenters. The third-order valence-corrected chi connectivity index (χ3v) is 3.42. The maximum Gasteiger partial charge on any atom is 0.153 e. The monoisotopic (exact) mass is 283 g/mol. The molecule has 0 aliphatic rings. The van der Waals surface area contributed by atoms with Crippen LogP contribution in [0.4, 0.5) is 11.5 Å². The van der Waals surface area contributed by atoms with Gasteiger partial charge in [0.25, 0.3) is 0 Å². The Morgan fingerprint density at radius 2 is 1.85 bits per heavy atom. The maximum absolute atomic E-state index is 5.95. The Morgan fingerprint density at radius 3 is 2.65 bits per heavy atom. The minimum atomic E-state index is 0.404. The van der Waals surface area contributed by atoms with Crippen LogP contribution in [0.3, 0.4) is 0 Å². The zero-order valence-corrected chi connectivity index (χ0v) is 11.9. The molecule has 2 aromatic carbocycles. The standard InChI is InChI=1S/C16H14ClN3/c1-2-20(16-11-18-10-15(17)19-16)14-9-5-7-12-6-3-4-8-13(12)14/h3-11H,2H2,1H3. The molecule has 0 N–H and O–H groups in total. The van der Waals surface area contributed by atoms with Crippen LogP contribution in [-0.2, 0) is 0 Å². The third-order valence-electron chi connectivity index (χ3n) is 3.24. The fourth-order valence-corrected chi connectivity index (χ4v) is 2.51. The molecular formula is C16H14ClN3. The van der Waals surface area contributed by atoms with E-state index in [1.807, 2.05) is 12.1 Å². The second-order valence-corrected chi connectivity index (χ2v) is 4.83. The number of hydrogen-bond donors (Lipinski definition) is 0. The van der Waals surface area contributed by atoms with Crippen molar-refractivity contribution in [2.24, 2.45) is 0 Å². The summed E-state index contributed by atoms with van der Waals surface area (Å²) in [5.41, 5.74) is 1.11. The van der Waals surface area contributed by atoms with Gasteiger partial charge in [0, 0.05) is 11.9 Å². The van der Waals surface area contributed by atoms with Gasteiger partial charge in [0.15, 0.2) is 5.82 Å². The van der Waals surface area contributed by atoms with Crippen molar-refractivity contribution in [3.05, 3.63) is 60.0 Å². The van der Waals surface area contributed by atoms with Crippen molar-refractivity contribution in [3.63, 3.8) is 0 Å². The van der Waals surface area contributed by atoms with Crippen molar-refractivity contribution >= 4 is 33.9 Å². The Labute approximate surface area is 122 Å². The van der Waals surface area contributed by atoms with Gasteiger partial charge in [-0.05, 0) is 18.4 Å². The van der Waals surface area contributed by atoms with Crippen LogP contribution in [-0.4, -0.2) is 16.5 Å². The van der Waals surface area contributed by atoms with Gasteiger partial charge < -0.3 is 4.90 Å². The van der Waals surface area contributed by atoms with E-state index in [4.69, 9.17) is 11.6 Å². The normalized spacial score (nSPS) is 10.7. The lowest BCUT2D eigenvalue weighted by atomic mass is 10.1. The van der Waals surface area contributed by atoms with Gasteiger partial charge >= 0.3 is 0 Å². The Hall–Kier alpha value is -2.13. The van der Waals surface area contributed by atoms with Gasteiger partial charge in [0.05, 0.1) is 18.1 Å². The average Bonchev–Trinajstić information content (AvgIpc) is 2.48. The first kappa shape index (κ1) is 12.9. The van der Waals surface area contributed by atoms with E-state index in [0.717, 1.165) is 18.1 Å². The second-order valence-electron chi connectivity index (χ2n) is 4.44. The Kier molecular flexibility index (Phi) is 3.52. The van der Waals surface area contributed by atoms with Crippen LogP contribution in [0.5, 0.6) is 0 Å². The summed E-state index contributed by atoms with van der Waals surface area (Å²) in [6.07, 6.45) is 3.28. The minimum Gasteiger partial charge on any atom is -0.325 e. The number of benzene rings is 2. The molecule has 0 bridgehead atoms. The van der Waals surface area contributed by atoms with Crippen LogP contribution in [0.25, 0.3) is 10.8 Å². The number of fused-ring (bicyclic) bond motifs is 1. The molecule has 20 heavy (non-hydrogen) atoms. The van der Waals surface area contributed by atoms with Gasteiger partial charge in [-0.1, -0.05) is 48.0 Å². The van der Waals surface area contributed by atoms with E-state index in [9.17, 15) is 0 Å². The van der Waals surface area contributed by atoms with Crippen LogP contribution < -0.4 is 4.90 Å². The van der Waals surface area contributed by atoms with Crippen molar-refractivity contribution in [1.82, 2.24) is 9.97 Å². The molecule has 3 rings (SSSR count). The first-order chi connectivity index (χ1) is 9.79. The van der Waals surface area contributed by atoms with E-state index in [1.165, 1.54) is 10.8 Å². The average molecular weight is 284 g/mol. The van der Waals surface area contributed by atoms with Crippen LogP contribution in [0.1, 0.15) is 6.92 Å². The predicted octanol–water partition coefficient (Wildman–Crippen LogP) is 4.44. The number of halogens is 1. The lowest BCUT2D eigenvalue weighted by Crippen LogP contribution is -2.17. The molecule has 0 amide bonds. The smallest absolute Gasteiger partial charge is 0.153 e. The summed E-state index contributed by atoms with van der Waals surface area (Å²) in [4.78, 5) is 10.6. The quantitative estimate of drug-likeness (QED) is 0.711. The highest BCUT2D eigenvalue weighted by molar-refractivity contribution is 6.29. The maximum atomic E-state index is 5.95. The van der Waals surface area contributed by atoms with E-state index >= 15 is 0 Å². The third kappa shape index (κ3) is 2.32. The number of anilines is 2. The molecule has 0 aliphatic carbocycles. The Bertz CT molecular complexity index is 737. The van der Waals surface area contributed by atoms with Gasteiger partial charge in [-0.3, -0.25) is 4.98 Å². The largest absolute Gasteiger partial charge is 0.325 e. The number of nitrogens with zero attached hydrogens (tertiary/aromatic N) is 3. The molecule has 0 saturated heterocycles. The lowest BCUT2D eigenvalue weighted by molar-refractivity contribution is 0.981. The first-order valence-corrected chi connectivity index (χ1v) is 6.90. The first-order valence-electron chi connectivity index (χ1n) is 6.52. The molecule has 1 aromatic heterocycles. The molecule has 0 aliphatic heterocycles. The van der Waals surface area contributed by atoms with Gasteiger partial charge in [-0.25, -0.2) is 4.98 Å². The fourth-order valence-electron chi connectivity index (χ4n) is 2.36. The summed E-state index contributed by atoms with van der Waals surface area (Å²) in [7, 11) is 0. The molecular weight excluding hydrogens is 270 g/mol. The summed E-state index contributed by atoms with van der Waals surface area (Å²) >= 11 is 5.95. The minimum absolute atomic E-state index is 0.404. The molecule has 3 nitrogen and oxygen atoms in total. The predicted molar refractivity (Wildman–Crippen MR) is 83.7 cm³/mol. The highest BCUT2D eigenvalue weighted by Gasteiger charge is 2.12. The SMILES string of the molecule is CCN(c1cncc(Cl)n1)c1cccc2ccccc12. The van der Waals surface area contributed by atoms with E-state index in [1.54, 1.807) is 12.4 Å². The van der Waals surface area contributed by atoms with Crippen molar-refractivity contribution in [3.8, 4) is 0 Å². The summed E-state index contributed by atoms with van der Waals surface area (Å²) < 4.78 is 0. The van der Waals surface area contributed by atoms with Gasteiger partial charge in [0.2, 0.25) is 0 Å². The number of hydrogen-bond acceptors (Lipinski definition) is 3. The van der Waals surface area contributed by atoms with Crippen molar-refractivity contribution in [2.45, 2.75) is 6.92 Å². The molecule has 4 heteroatoms. The number of aromatic nitrogens is 2. The summed E-state index contributed by atoms with van der Waals surface area (Å²) in [6, 6.07) is 14.6. The van der Waals surface area contributed by atoms with E-state index in [2.05, 4.69) is 52.1 Å². The molecule has 3 aromatic rings. The van der Waals surface area contributed by atoms with Crippen molar-refractivity contribution in [2.75, 3.05) is 11.4 Å². The topological polar surface area (TPSA) is 29.0 Å². The summed E-state index contributed by atoms with van der Waals surface area (Å²) in [6.45, 7) is 2.88. The van der Waals surface area contributed by atoms with Gasteiger partial charge in [-0.2, -0.15) is 0 Å². The zero-order chi connectivity index (χ0) is 13.9. The van der Waals surface area contributed by atoms with E-state index < -0.39 is 0 Å². The zero-order valence-electron chi connectivity index (χ0n) is 11.1. The van der Waals surface area contributed by atoms with Crippen LogP contribution in [0.15, 0.2) is 54.9 Å². The highest BCUT2D eigenvalue weighted by atomic mass is 35.5. The lowest BCUT2D eigenvalue weighted by Gasteiger charge is -2.23. The van der Waals surface area contributed by atoms with Crippen molar-refractivity contribution in [1.29, 1.82) is 0 Å². The molecule has 0 saturated carbocycles. The Morgan fingerprint density at radius 1 is 1.05 bits per heavy atom. The molecule has 0 fully saturated rings. The van der Waals surface area contributed by atoms with Gasteiger partial charge in [-0.15, -0.1) is 0 Å². The molecule has 1 heterocycles. The summed E-state index contributed by atoms with van der Waals surface area (Å²) in [5.74, 6) is 0.761. The Balaban J connectivity index is 2.17. The van der Waals surface area contributed by atoms with Crippen molar-refractivity contribution < 1.29 is 0 Å².